The lowest BCUT2D eigenvalue weighted by Gasteiger charge is -2.01. The van der Waals surface area contributed by atoms with Crippen LogP contribution >= 0.6 is 0 Å². The summed E-state index contributed by atoms with van der Waals surface area (Å²) in [5.74, 6) is 0. The summed E-state index contributed by atoms with van der Waals surface area (Å²) in [6, 6.07) is 0. The maximum atomic E-state index is 7.96. The lowest BCUT2D eigenvalue weighted by atomic mass is 10.3. The molecule has 3 N–H and O–H groups in total. The van der Waals surface area contributed by atoms with E-state index in [2.05, 4.69) is 15.3 Å². The zero-order chi connectivity index (χ0) is 9.07. The van der Waals surface area contributed by atoms with Crippen LogP contribution in [0, 0.1) is 0 Å². The first kappa shape index (κ1) is 11.2. The fraction of sp³-hybridized carbons (Fsp3) is 1.00. The molecular weight excluding hydrogens is 154 g/mol. The van der Waals surface area contributed by atoms with Crippen molar-refractivity contribution in [2.45, 2.75) is 19.3 Å². The van der Waals surface area contributed by atoms with Gasteiger partial charge < -0.3 is 11.1 Å². The largest absolute Gasteiger partial charge is 0.330 e. The number of rotatable bonds is 8. The minimum atomic E-state index is 0.584. The van der Waals surface area contributed by atoms with Crippen molar-refractivity contribution in [3.05, 3.63) is 10.4 Å². The van der Waals surface area contributed by atoms with Gasteiger partial charge in [-0.1, -0.05) is 5.11 Å². The Kier molecular flexibility index (Phi) is 9.57. The third-order valence-electron chi connectivity index (χ3n) is 1.48. The number of hydrogen-bond acceptors (Lipinski definition) is 3. The molecular formula is C7H17N5. The number of unbranched alkanes of at least 4 members (excludes halogenated alkanes) is 1. The van der Waals surface area contributed by atoms with E-state index in [4.69, 9.17) is 11.3 Å². The van der Waals surface area contributed by atoms with E-state index in [0.29, 0.717) is 6.54 Å². The van der Waals surface area contributed by atoms with Gasteiger partial charge in [0.1, 0.15) is 0 Å². The van der Waals surface area contributed by atoms with E-state index >= 15 is 0 Å². The van der Waals surface area contributed by atoms with E-state index in [1.54, 1.807) is 0 Å². The van der Waals surface area contributed by atoms with Crippen LogP contribution in [-0.4, -0.2) is 26.2 Å². The van der Waals surface area contributed by atoms with Gasteiger partial charge in [0.25, 0.3) is 0 Å². The summed E-state index contributed by atoms with van der Waals surface area (Å²) in [6.07, 6.45) is 3.11. The van der Waals surface area contributed by atoms with Crippen molar-refractivity contribution in [2.75, 3.05) is 26.2 Å². The molecule has 0 aromatic heterocycles. The summed E-state index contributed by atoms with van der Waals surface area (Å²) < 4.78 is 0. The Morgan fingerprint density at radius 2 is 2.00 bits per heavy atom. The number of nitrogens with zero attached hydrogens (tertiary/aromatic N) is 3. The first-order valence-corrected chi connectivity index (χ1v) is 4.33. The second-order valence-corrected chi connectivity index (χ2v) is 2.55. The molecule has 0 saturated heterocycles. The van der Waals surface area contributed by atoms with Gasteiger partial charge in [-0.3, -0.25) is 0 Å². The molecule has 0 aliphatic carbocycles. The minimum Gasteiger partial charge on any atom is -0.330 e. The molecule has 0 atom stereocenters. The Labute approximate surface area is 73.0 Å². The van der Waals surface area contributed by atoms with Gasteiger partial charge in [0.15, 0.2) is 0 Å². The maximum Gasteiger partial charge on any atom is 0.0269 e. The average Bonchev–Trinajstić information content (AvgIpc) is 2.10. The maximum absolute atomic E-state index is 7.96. The van der Waals surface area contributed by atoms with Crippen LogP contribution in [0.4, 0.5) is 0 Å². The van der Waals surface area contributed by atoms with E-state index in [1.165, 1.54) is 0 Å². The number of azide groups is 1. The van der Waals surface area contributed by atoms with Gasteiger partial charge >= 0.3 is 0 Å². The molecule has 0 fully saturated rings. The number of nitrogens with one attached hydrogen (secondary N) is 1. The summed E-state index contributed by atoms with van der Waals surface area (Å²) in [4.78, 5) is 2.66. The topological polar surface area (TPSA) is 86.8 Å². The summed E-state index contributed by atoms with van der Waals surface area (Å²) in [5, 5.41) is 6.67. The molecule has 0 radical (unpaired) electrons. The zero-order valence-corrected chi connectivity index (χ0v) is 7.37. The van der Waals surface area contributed by atoms with Crippen molar-refractivity contribution in [3.63, 3.8) is 0 Å². The first-order valence-electron chi connectivity index (χ1n) is 4.33. The molecule has 0 aliphatic heterocycles. The molecule has 5 nitrogen and oxygen atoms in total. The van der Waals surface area contributed by atoms with Crippen molar-refractivity contribution in [2.24, 2.45) is 10.8 Å². The van der Waals surface area contributed by atoms with Gasteiger partial charge in [-0.05, 0) is 44.4 Å². The lowest BCUT2D eigenvalue weighted by molar-refractivity contribution is 0.610. The van der Waals surface area contributed by atoms with Crippen molar-refractivity contribution in [3.8, 4) is 0 Å². The Hall–Kier alpha value is -0.770. The third-order valence-corrected chi connectivity index (χ3v) is 1.48. The van der Waals surface area contributed by atoms with Gasteiger partial charge in [0.05, 0.1) is 0 Å². The Balaban J connectivity index is 2.86. The molecule has 0 saturated carbocycles. The third kappa shape index (κ3) is 9.23. The normalized spacial score (nSPS) is 9.42. The van der Waals surface area contributed by atoms with Crippen LogP contribution < -0.4 is 11.1 Å². The SMILES string of the molecule is [N-]=[N+]=NCCCNCCCCN. The molecule has 0 spiro atoms. The molecule has 0 aromatic carbocycles. The van der Waals surface area contributed by atoms with E-state index in [1.807, 2.05) is 0 Å². The predicted molar refractivity (Wildman–Crippen MR) is 49.8 cm³/mol. The minimum absolute atomic E-state index is 0.584. The summed E-state index contributed by atoms with van der Waals surface area (Å²) in [6.45, 7) is 3.28. The molecule has 0 bridgehead atoms. The fourth-order valence-corrected chi connectivity index (χ4v) is 0.839. The van der Waals surface area contributed by atoms with Crippen molar-refractivity contribution < 1.29 is 0 Å². The summed E-state index contributed by atoms with van der Waals surface area (Å²) in [5.41, 5.74) is 13.3. The molecule has 0 heterocycles. The first-order chi connectivity index (χ1) is 5.91. The van der Waals surface area contributed by atoms with E-state index in [9.17, 15) is 0 Å². The van der Waals surface area contributed by atoms with Crippen LogP contribution in [0.5, 0.6) is 0 Å². The highest BCUT2D eigenvalue weighted by Crippen LogP contribution is 1.83. The van der Waals surface area contributed by atoms with E-state index < -0.39 is 0 Å². The highest BCUT2D eigenvalue weighted by Gasteiger charge is 1.86. The zero-order valence-electron chi connectivity index (χ0n) is 7.37. The molecule has 0 aliphatic rings. The fourth-order valence-electron chi connectivity index (χ4n) is 0.839. The van der Waals surface area contributed by atoms with Gasteiger partial charge in [-0.15, -0.1) is 0 Å². The molecule has 70 valence electrons. The van der Waals surface area contributed by atoms with Crippen LogP contribution in [0.25, 0.3) is 10.4 Å². The quantitative estimate of drug-likeness (QED) is 0.247. The van der Waals surface area contributed by atoms with Crippen LogP contribution in [0.2, 0.25) is 0 Å². The molecule has 5 heteroatoms. The van der Waals surface area contributed by atoms with Gasteiger partial charge in [-0.2, -0.15) is 0 Å². The second kappa shape index (κ2) is 10.2. The molecule has 0 amide bonds. The monoisotopic (exact) mass is 171 g/mol. The lowest BCUT2D eigenvalue weighted by Crippen LogP contribution is -2.18. The van der Waals surface area contributed by atoms with Gasteiger partial charge in [0.2, 0.25) is 0 Å². The number of hydrogen-bond donors (Lipinski definition) is 2. The highest BCUT2D eigenvalue weighted by molar-refractivity contribution is 4.52. The van der Waals surface area contributed by atoms with Crippen molar-refractivity contribution in [1.29, 1.82) is 0 Å². The Morgan fingerprint density at radius 1 is 1.25 bits per heavy atom. The molecule has 12 heavy (non-hydrogen) atoms. The van der Waals surface area contributed by atoms with Crippen molar-refractivity contribution >= 4 is 0 Å². The standard InChI is InChI=1S/C7H17N5/c8-4-1-2-5-10-6-3-7-11-12-9/h10H,1-8H2. The Morgan fingerprint density at radius 3 is 2.67 bits per heavy atom. The summed E-state index contributed by atoms with van der Waals surface area (Å²) >= 11 is 0. The molecule has 0 unspecified atom stereocenters. The van der Waals surface area contributed by atoms with Crippen LogP contribution in [-0.2, 0) is 0 Å². The van der Waals surface area contributed by atoms with E-state index in [-0.39, 0.29) is 0 Å². The van der Waals surface area contributed by atoms with E-state index in [0.717, 1.165) is 38.9 Å². The Bertz CT molecular complexity index is 130. The van der Waals surface area contributed by atoms with Crippen molar-refractivity contribution in [1.82, 2.24) is 5.32 Å². The van der Waals surface area contributed by atoms with Gasteiger partial charge in [0, 0.05) is 11.5 Å². The average molecular weight is 171 g/mol. The molecule has 0 aromatic rings. The smallest absolute Gasteiger partial charge is 0.0269 e. The van der Waals surface area contributed by atoms with Crippen LogP contribution in [0.15, 0.2) is 5.11 Å². The summed E-state index contributed by atoms with van der Waals surface area (Å²) in [7, 11) is 0. The molecule has 0 rings (SSSR count). The van der Waals surface area contributed by atoms with Crippen LogP contribution in [0.3, 0.4) is 0 Å². The predicted octanol–water partition coefficient (Wildman–Crippen LogP) is 1.02. The highest BCUT2D eigenvalue weighted by atomic mass is 15.1. The second-order valence-electron chi connectivity index (χ2n) is 2.55. The van der Waals surface area contributed by atoms with Crippen LogP contribution in [0.1, 0.15) is 19.3 Å². The number of nitrogens with two attached hydrogens (primary N) is 1. The van der Waals surface area contributed by atoms with Gasteiger partial charge in [-0.25, -0.2) is 0 Å².